The number of rotatable bonds is 3. The minimum Gasteiger partial charge on any atom is -0.450 e. The van der Waals surface area contributed by atoms with Crippen LogP contribution in [-0.4, -0.2) is 15.8 Å². The van der Waals surface area contributed by atoms with Gasteiger partial charge in [0.1, 0.15) is 5.58 Å². The molecule has 1 aliphatic heterocycles. The van der Waals surface area contributed by atoms with Crippen LogP contribution in [0.1, 0.15) is 44.4 Å². The number of benzene rings is 2. The number of aryl methyl sites for hydroxylation is 2. The first kappa shape index (κ1) is 19.7. The fraction of sp³-hybridized carbons (Fsp3) is 0.160. The number of fused-ring (bicyclic) bond motifs is 2. The first-order chi connectivity index (χ1) is 14.9. The molecule has 0 unspecified atom stereocenters. The van der Waals surface area contributed by atoms with E-state index >= 15 is 0 Å². The third-order valence-electron chi connectivity index (χ3n) is 5.66. The highest BCUT2D eigenvalue weighted by Gasteiger charge is 2.42. The second-order valence-corrected chi connectivity index (χ2v) is 8.80. The summed E-state index contributed by atoms with van der Waals surface area (Å²) in [6, 6.07) is 14.7. The smallest absolute Gasteiger partial charge is 0.291 e. The summed E-state index contributed by atoms with van der Waals surface area (Å²) in [4.78, 5) is 33.0. The highest BCUT2D eigenvalue weighted by Crippen LogP contribution is 2.39. The Balaban J connectivity index is 1.76. The van der Waals surface area contributed by atoms with Gasteiger partial charge in [-0.25, -0.2) is 0 Å². The predicted octanol–water partition coefficient (Wildman–Crippen LogP) is 5.31. The zero-order valence-electron chi connectivity index (χ0n) is 17.1. The van der Waals surface area contributed by atoms with E-state index in [-0.39, 0.29) is 17.1 Å². The van der Waals surface area contributed by atoms with Crippen molar-refractivity contribution in [3.05, 3.63) is 109 Å². The topological polar surface area (TPSA) is 63.4 Å². The van der Waals surface area contributed by atoms with Crippen molar-refractivity contribution in [2.45, 2.75) is 26.4 Å². The zero-order chi connectivity index (χ0) is 21.7. The monoisotopic (exact) mass is 474 g/mol. The molecule has 1 atom stereocenters. The van der Waals surface area contributed by atoms with Gasteiger partial charge in [-0.2, -0.15) is 0 Å². The lowest BCUT2D eigenvalue weighted by Crippen LogP contribution is -2.29. The van der Waals surface area contributed by atoms with Crippen molar-refractivity contribution in [2.75, 3.05) is 0 Å². The average molecular weight is 475 g/mol. The van der Waals surface area contributed by atoms with E-state index in [1.165, 1.54) is 0 Å². The van der Waals surface area contributed by atoms with Crippen LogP contribution in [0.15, 0.2) is 74.6 Å². The molecule has 1 amide bonds. The first-order valence-electron chi connectivity index (χ1n) is 9.97. The molecular weight excluding hydrogens is 456 g/mol. The lowest BCUT2D eigenvalue weighted by molar-refractivity contribution is 0.0714. The van der Waals surface area contributed by atoms with Crippen LogP contribution in [-0.2, 0) is 6.54 Å². The number of aromatic nitrogens is 1. The van der Waals surface area contributed by atoms with Crippen molar-refractivity contribution < 1.29 is 9.21 Å². The van der Waals surface area contributed by atoms with Gasteiger partial charge in [0.2, 0.25) is 5.76 Å². The van der Waals surface area contributed by atoms with Crippen LogP contribution in [0, 0.1) is 13.8 Å². The van der Waals surface area contributed by atoms with E-state index < -0.39 is 6.04 Å². The fourth-order valence-corrected chi connectivity index (χ4v) is 4.58. The zero-order valence-corrected chi connectivity index (χ0v) is 18.6. The maximum absolute atomic E-state index is 13.7. The second-order valence-electron chi connectivity index (χ2n) is 7.88. The van der Waals surface area contributed by atoms with Crippen molar-refractivity contribution in [1.29, 1.82) is 0 Å². The SMILES string of the molecule is Cc1cc(C)c2oc3c(c(=O)c2c1)[C@@H](c1ccc(Br)cc1)N(Cc1cccnc1)C3=O. The molecule has 0 saturated carbocycles. The number of carbonyl (C=O) groups excluding carboxylic acids is 1. The molecule has 0 radical (unpaired) electrons. The Labute approximate surface area is 187 Å². The third kappa shape index (κ3) is 3.27. The Bertz CT molecular complexity index is 1380. The highest BCUT2D eigenvalue weighted by molar-refractivity contribution is 9.10. The number of hydrogen-bond acceptors (Lipinski definition) is 4. The highest BCUT2D eigenvalue weighted by atomic mass is 79.9. The molecule has 1 aliphatic rings. The number of amides is 1. The molecule has 0 N–H and O–H groups in total. The first-order valence-corrected chi connectivity index (χ1v) is 10.8. The average Bonchev–Trinajstić information content (AvgIpc) is 3.03. The van der Waals surface area contributed by atoms with Gasteiger partial charge in [0.05, 0.1) is 17.0 Å². The van der Waals surface area contributed by atoms with Crippen molar-refractivity contribution in [1.82, 2.24) is 9.88 Å². The second kappa shape index (κ2) is 7.46. The number of hydrogen-bond donors (Lipinski definition) is 0. The maximum atomic E-state index is 13.7. The standard InChI is InChI=1S/C25H19BrN2O3/c1-14-10-15(2)23-19(11-14)22(29)20-21(17-5-7-18(26)8-6-17)28(25(30)24(20)31-23)13-16-4-3-9-27-12-16/h3-12,21H,13H2,1-2H3/t21-/m1/s1. The van der Waals surface area contributed by atoms with Crippen LogP contribution >= 0.6 is 15.9 Å². The van der Waals surface area contributed by atoms with Crippen LogP contribution in [0.2, 0.25) is 0 Å². The lowest BCUT2D eigenvalue weighted by Gasteiger charge is -2.25. The van der Waals surface area contributed by atoms with Gasteiger partial charge >= 0.3 is 0 Å². The van der Waals surface area contributed by atoms with E-state index in [0.717, 1.165) is 26.7 Å². The summed E-state index contributed by atoms with van der Waals surface area (Å²) in [6.07, 6.45) is 3.42. The summed E-state index contributed by atoms with van der Waals surface area (Å²) in [5.41, 5.74) is 4.28. The molecule has 0 fully saturated rings. The molecule has 6 heteroatoms. The molecule has 5 rings (SSSR count). The van der Waals surface area contributed by atoms with Gasteiger partial charge in [0, 0.05) is 23.4 Å². The van der Waals surface area contributed by atoms with Crippen LogP contribution < -0.4 is 5.43 Å². The van der Waals surface area contributed by atoms with Crippen molar-refractivity contribution >= 4 is 32.8 Å². The summed E-state index contributed by atoms with van der Waals surface area (Å²) in [5.74, 6) is -0.160. The van der Waals surface area contributed by atoms with Gasteiger partial charge in [0.15, 0.2) is 5.43 Å². The maximum Gasteiger partial charge on any atom is 0.291 e. The number of halogens is 1. The Morgan fingerprint density at radius 2 is 1.87 bits per heavy atom. The van der Waals surface area contributed by atoms with Crippen molar-refractivity contribution in [3.8, 4) is 0 Å². The van der Waals surface area contributed by atoms with Gasteiger partial charge in [-0.05, 0) is 60.4 Å². The van der Waals surface area contributed by atoms with Gasteiger partial charge in [0.25, 0.3) is 5.91 Å². The van der Waals surface area contributed by atoms with Crippen LogP contribution in [0.25, 0.3) is 11.0 Å². The van der Waals surface area contributed by atoms with E-state index in [9.17, 15) is 9.59 Å². The van der Waals surface area contributed by atoms with Crippen LogP contribution in [0.3, 0.4) is 0 Å². The number of nitrogens with zero attached hydrogens (tertiary/aromatic N) is 2. The van der Waals surface area contributed by atoms with E-state index in [2.05, 4.69) is 20.9 Å². The Kier molecular flexibility index (Phi) is 4.74. The predicted molar refractivity (Wildman–Crippen MR) is 122 cm³/mol. The molecular formula is C25H19BrN2O3. The summed E-state index contributed by atoms with van der Waals surface area (Å²) in [6.45, 7) is 4.17. The summed E-state index contributed by atoms with van der Waals surface area (Å²) < 4.78 is 7.04. The quantitative estimate of drug-likeness (QED) is 0.403. The Hall–Kier alpha value is -3.25. The van der Waals surface area contributed by atoms with Crippen molar-refractivity contribution in [3.63, 3.8) is 0 Å². The van der Waals surface area contributed by atoms with E-state index in [1.54, 1.807) is 17.3 Å². The van der Waals surface area contributed by atoms with E-state index in [0.29, 0.717) is 23.1 Å². The minimum atomic E-state index is -0.530. The van der Waals surface area contributed by atoms with Crippen LogP contribution in [0.5, 0.6) is 0 Å². The summed E-state index contributed by atoms with van der Waals surface area (Å²) >= 11 is 3.46. The minimum absolute atomic E-state index is 0.126. The van der Waals surface area contributed by atoms with Gasteiger partial charge in [-0.1, -0.05) is 40.2 Å². The summed E-state index contributed by atoms with van der Waals surface area (Å²) in [5, 5.41) is 0.509. The molecule has 0 bridgehead atoms. The van der Waals surface area contributed by atoms with Gasteiger partial charge < -0.3 is 9.32 Å². The molecule has 0 aliphatic carbocycles. The summed E-state index contributed by atoms with van der Waals surface area (Å²) in [7, 11) is 0. The largest absolute Gasteiger partial charge is 0.450 e. The fourth-order valence-electron chi connectivity index (χ4n) is 4.32. The van der Waals surface area contributed by atoms with Gasteiger partial charge in [-0.3, -0.25) is 14.6 Å². The normalized spacial score (nSPS) is 15.5. The number of pyridine rings is 1. The van der Waals surface area contributed by atoms with Crippen LogP contribution in [0.4, 0.5) is 0 Å². The van der Waals surface area contributed by atoms with E-state index in [4.69, 9.17) is 4.42 Å². The molecule has 2 aromatic heterocycles. The molecule has 4 aromatic rings. The molecule has 154 valence electrons. The lowest BCUT2D eigenvalue weighted by atomic mass is 9.97. The molecule has 5 nitrogen and oxygen atoms in total. The molecule has 0 saturated heterocycles. The molecule has 0 spiro atoms. The molecule has 3 heterocycles. The Morgan fingerprint density at radius 3 is 2.58 bits per heavy atom. The van der Waals surface area contributed by atoms with E-state index in [1.807, 2.05) is 62.4 Å². The number of carbonyl (C=O) groups is 1. The Morgan fingerprint density at radius 1 is 1.10 bits per heavy atom. The van der Waals surface area contributed by atoms with Crippen molar-refractivity contribution in [2.24, 2.45) is 0 Å². The van der Waals surface area contributed by atoms with Gasteiger partial charge in [-0.15, -0.1) is 0 Å². The third-order valence-corrected chi connectivity index (χ3v) is 6.19. The molecule has 2 aromatic carbocycles. The molecule has 31 heavy (non-hydrogen) atoms.